The van der Waals surface area contributed by atoms with E-state index >= 15 is 0 Å². The van der Waals surface area contributed by atoms with Crippen LogP contribution < -0.4 is 57.1 Å². The summed E-state index contributed by atoms with van der Waals surface area (Å²) >= 11 is 0. The Labute approximate surface area is 133 Å². The molecule has 0 spiro atoms. The number of pyridine rings is 1. The van der Waals surface area contributed by atoms with E-state index in [1.807, 2.05) is 0 Å². The van der Waals surface area contributed by atoms with E-state index in [1.54, 1.807) is 0 Å². The van der Waals surface area contributed by atoms with Gasteiger partial charge in [-0.15, -0.1) is 5.98 Å². The van der Waals surface area contributed by atoms with Gasteiger partial charge >= 0.3 is 58.4 Å². The van der Waals surface area contributed by atoms with Crippen LogP contribution >= 0.6 is 0 Å². The molecule has 0 aliphatic rings. The minimum Gasteiger partial charge on any atom is -0.445 e. The molecule has 1 amide bonds. The number of carbonyl (C=O) groups excluding carboxylic acids is 1. The van der Waals surface area contributed by atoms with E-state index in [-0.39, 0.29) is 68.6 Å². The molecule has 0 aromatic carbocycles. The molecule has 0 aliphatic carbocycles. The Balaban J connectivity index is 0.00000225. The van der Waals surface area contributed by atoms with Crippen molar-refractivity contribution < 1.29 is 69.1 Å². The maximum Gasteiger partial charge on any atom is 1.00 e. The summed E-state index contributed by atoms with van der Waals surface area (Å²) in [5.74, 6) is -0.600. The minimum absolute atomic E-state index is 0. The number of carbonyl (C=O) groups is 1. The van der Waals surface area contributed by atoms with Gasteiger partial charge in [-0.1, -0.05) is 6.08 Å². The maximum atomic E-state index is 11.9. The van der Waals surface area contributed by atoms with Gasteiger partial charge in [-0.2, -0.15) is 0 Å². The van der Waals surface area contributed by atoms with Gasteiger partial charge in [0.25, 0.3) is 0 Å². The van der Waals surface area contributed by atoms with E-state index in [4.69, 9.17) is 5.73 Å². The van der Waals surface area contributed by atoms with Crippen molar-refractivity contribution in [2.24, 2.45) is 5.73 Å². The van der Waals surface area contributed by atoms with Gasteiger partial charge in [0.15, 0.2) is 0 Å². The zero-order valence-electron chi connectivity index (χ0n) is 8.53. The van der Waals surface area contributed by atoms with Crippen LogP contribution in [0.4, 0.5) is 12.9 Å². The van der Waals surface area contributed by atoms with E-state index < -0.39 is 12.9 Å². The van der Waals surface area contributed by atoms with E-state index in [1.165, 1.54) is 18.3 Å². The molecule has 1 aromatic heterocycles. The van der Waals surface area contributed by atoms with E-state index in [9.17, 15) is 17.7 Å². The molecule has 16 heavy (non-hydrogen) atoms. The molecule has 0 bridgehead atoms. The minimum atomic E-state index is -4.99. The number of amides is 1. The summed E-state index contributed by atoms with van der Waals surface area (Å²) in [7, 11) is 0. The summed E-state index contributed by atoms with van der Waals surface area (Å²) in [6.07, 6.45) is 2.02. The summed E-state index contributed by atoms with van der Waals surface area (Å²) in [4.78, 5) is 14.3. The molecule has 1 aromatic rings. The van der Waals surface area contributed by atoms with Crippen LogP contribution in [0, 0.1) is 0 Å². The van der Waals surface area contributed by atoms with Gasteiger partial charge in [0.2, 0.25) is 5.91 Å². The molecule has 0 unspecified atom stereocenters. The summed E-state index contributed by atoms with van der Waals surface area (Å²) < 4.78 is 35.6. The zero-order valence-corrected chi connectivity index (χ0v) is 11.7. The van der Waals surface area contributed by atoms with Crippen LogP contribution in [0.1, 0.15) is 16.1 Å². The summed E-state index contributed by atoms with van der Waals surface area (Å²) in [6.45, 7) is -4.99. The fourth-order valence-corrected chi connectivity index (χ4v) is 0.900. The van der Waals surface area contributed by atoms with Gasteiger partial charge in [0.1, 0.15) is 0 Å². The standard InChI is InChI=1S/C8H7BF3N2O.K/c10-9(11,12)3-1-7-5-6(8(13)15)2-4-14-7;/h1-5H,(H2,13,15);/q-1;+1/b3-1+;. The molecule has 1 rings (SSSR count). The predicted octanol–water partition coefficient (Wildman–Crippen LogP) is -1.42. The van der Waals surface area contributed by atoms with Crippen molar-refractivity contribution in [1.29, 1.82) is 0 Å². The van der Waals surface area contributed by atoms with Gasteiger partial charge in [-0.25, -0.2) is 0 Å². The summed E-state index contributed by atoms with van der Waals surface area (Å²) in [5.41, 5.74) is 5.13. The SMILES string of the molecule is NC(=O)c1ccnc(/C=C/[B-](F)(F)F)c1.[K+]. The second-order valence-electron chi connectivity index (χ2n) is 2.82. The van der Waals surface area contributed by atoms with Crippen molar-refractivity contribution in [2.75, 3.05) is 0 Å². The fraction of sp³-hybridized carbons (Fsp3) is 0. The molecule has 2 N–H and O–H groups in total. The Morgan fingerprint density at radius 1 is 1.44 bits per heavy atom. The number of nitrogens with two attached hydrogens (primary N) is 1. The molecular formula is C8H7BF3KN2O. The smallest absolute Gasteiger partial charge is 0.445 e. The number of hydrogen-bond acceptors (Lipinski definition) is 2. The van der Waals surface area contributed by atoms with Gasteiger partial charge in [0.05, 0.1) is 5.69 Å². The van der Waals surface area contributed by atoms with Crippen LogP contribution in [0.2, 0.25) is 0 Å². The molecule has 0 radical (unpaired) electrons. The molecule has 8 heteroatoms. The van der Waals surface area contributed by atoms with Crippen molar-refractivity contribution in [1.82, 2.24) is 4.98 Å². The number of primary amides is 1. The number of aromatic nitrogens is 1. The van der Waals surface area contributed by atoms with Crippen LogP contribution in [0.3, 0.4) is 0 Å². The fourth-order valence-electron chi connectivity index (χ4n) is 0.900. The molecule has 0 saturated carbocycles. The van der Waals surface area contributed by atoms with Gasteiger partial charge in [0, 0.05) is 11.8 Å². The largest absolute Gasteiger partial charge is 1.00 e. The van der Waals surface area contributed by atoms with Gasteiger partial charge in [-0.05, 0) is 12.1 Å². The summed E-state index contributed by atoms with van der Waals surface area (Å²) in [5, 5.41) is 0. The Morgan fingerprint density at radius 2 is 2.06 bits per heavy atom. The van der Waals surface area contributed by atoms with Crippen molar-refractivity contribution >= 4 is 19.0 Å². The second kappa shape index (κ2) is 6.55. The average Bonchev–Trinajstić information content (AvgIpc) is 2.14. The maximum absolute atomic E-state index is 11.9. The van der Waals surface area contributed by atoms with Crippen molar-refractivity contribution in [3.05, 3.63) is 35.6 Å². The number of hydrogen-bond donors (Lipinski definition) is 1. The molecular weight excluding hydrogens is 247 g/mol. The van der Waals surface area contributed by atoms with Crippen molar-refractivity contribution in [2.45, 2.75) is 0 Å². The third-order valence-electron chi connectivity index (χ3n) is 1.55. The Bertz CT molecular complexity index is 409. The van der Waals surface area contributed by atoms with E-state index in [0.717, 1.165) is 6.08 Å². The third kappa shape index (κ3) is 5.81. The van der Waals surface area contributed by atoms with E-state index in [2.05, 4.69) is 4.98 Å². The Morgan fingerprint density at radius 3 is 2.56 bits per heavy atom. The molecule has 0 aliphatic heterocycles. The van der Waals surface area contributed by atoms with Crippen LogP contribution in [0.5, 0.6) is 0 Å². The van der Waals surface area contributed by atoms with Crippen LogP contribution in [-0.4, -0.2) is 17.9 Å². The average molecular weight is 254 g/mol. The number of nitrogens with zero attached hydrogens (tertiary/aromatic N) is 1. The quantitative estimate of drug-likeness (QED) is 0.673. The monoisotopic (exact) mass is 254 g/mol. The Kier molecular flexibility index (Phi) is 6.49. The number of halogens is 3. The van der Waals surface area contributed by atoms with Crippen LogP contribution in [0.25, 0.3) is 6.08 Å². The van der Waals surface area contributed by atoms with Crippen LogP contribution in [-0.2, 0) is 0 Å². The molecule has 0 atom stereocenters. The third-order valence-corrected chi connectivity index (χ3v) is 1.55. The van der Waals surface area contributed by atoms with Gasteiger partial charge < -0.3 is 18.7 Å². The first kappa shape index (κ1) is 15.9. The molecule has 3 nitrogen and oxygen atoms in total. The first-order chi connectivity index (χ1) is 6.88. The van der Waals surface area contributed by atoms with E-state index in [0.29, 0.717) is 0 Å². The predicted molar refractivity (Wildman–Crippen MR) is 50.9 cm³/mol. The first-order valence-electron chi connectivity index (χ1n) is 4.03. The zero-order chi connectivity index (χ0) is 11.5. The van der Waals surface area contributed by atoms with Gasteiger partial charge in [-0.3, -0.25) is 9.78 Å². The van der Waals surface area contributed by atoms with Crippen LogP contribution in [0.15, 0.2) is 24.3 Å². The first-order valence-corrected chi connectivity index (χ1v) is 4.03. The Hall–Kier alpha value is -0.149. The van der Waals surface area contributed by atoms with Crippen molar-refractivity contribution in [3.8, 4) is 0 Å². The molecule has 1 heterocycles. The van der Waals surface area contributed by atoms with Crippen molar-refractivity contribution in [3.63, 3.8) is 0 Å². The number of rotatable bonds is 3. The normalized spacial score (nSPS) is 11.2. The second-order valence-corrected chi connectivity index (χ2v) is 2.82. The molecule has 80 valence electrons. The molecule has 0 fully saturated rings. The summed E-state index contributed by atoms with van der Waals surface area (Å²) in [6, 6.07) is 2.53. The topological polar surface area (TPSA) is 56.0 Å². The molecule has 0 saturated heterocycles.